The minimum Gasteiger partial charge on any atom is -0.377 e. The first-order valence-corrected chi connectivity index (χ1v) is 14.8. The molecule has 0 amide bonds. The second-order valence-corrected chi connectivity index (χ2v) is 13.6. The topological polar surface area (TPSA) is 49.8 Å². The van der Waals surface area contributed by atoms with Crippen molar-refractivity contribution >= 4 is 11.5 Å². The average Bonchev–Trinajstić information content (AvgIpc) is 3.17. The number of carbonyl (C=O) groups is 1. The zero-order valence-electron chi connectivity index (χ0n) is 24.5. The van der Waals surface area contributed by atoms with Gasteiger partial charge in [-0.2, -0.15) is 0 Å². The molecule has 4 nitrogen and oxygen atoms in total. The van der Waals surface area contributed by atoms with Crippen molar-refractivity contribution in [2.24, 2.45) is 29.1 Å². The van der Waals surface area contributed by atoms with Gasteiger partial charge >= 0.3 is 0 Å². The number of ether oxygens (including phenoxy) is 1. The van der Waals surface area contributed by atoms with Crippen LogP contribution in [0.2, 0.25) is 0 Å². The van der Waals surface area contributed by atoms with Gasteiger partial charge in [0.1, 0.15) is 11.2 Å². The second kappa shape index (κ2) is 9.83. The average molecular weight is 518 g/mol. The molecule has 0 unspecified atom stereocenters. The number of carbonyl (C=O) groups excluding carboxylic acids is 1. The molecule has 5 rings (SSSR count). The van der Waals surface area contributed by atoms with E-state index in [1.807, 2.05) is 19.9 Å². The molecule has 4 heteroatoms. The van der Waals surface area contributed by atoms with Crippen molar-refractivity contribution < 1.29 is 14.6 Å². The van der Waals surface area contributed by atoms with Gasteiger partial charge in [0.25, 0.3) is 0 Å². The molecule has 0 saturated heterocycles. The van der Waals surface area contributed by atoms with Crippen LogP contribution in [0, 0.1) is 40.9 Å². The van der Waals surface area contributed by atoms with Gasteiger partial charge in [0.05, 0.1) is 0 Å². The molecule has 0 spiro atoms. The van der Waals surface area contributed by atoms with Crippen LogP contribution in [-0.2, 0) is 9.53 Å². The highest BCUT2D eigenvalue weighted by Crippen LogP contribution is 2.68. The van der Waals surface area contributed by atoms with Gasteiger partial charge in [-0.1, -0.05) is 36.5 Å². The molecule has 4 aliphatic rings. The van der Waals surface area contributed by atoms with Gasteiger partial charge in [-0.15, -0.1) is 0 Å². The molecule has 3 saturated carbocycles. The predicted molar refractivity (Wildman–Crippen MR) is 154 cm³/mol. The maximum absolute atomic E-state index is 12.3. The molecule has 1 aromatic carbocycles. The molecule has 0 radical (unpaired) electrons. The summed E-state index contributed by atoms with van der Waals surface area (Å²) in [7, 11) is 3.83. The lowest BCUT2D eigenvalue weighted by Crippen LogP contribution is -2.54. The summed E-state index contributed by atoms with van der Waals surface area (Å²) in [6, 6.07) is 9.64. The van der Waals surface area contributed by atoms with E-state index in [1.54, 1.807) is 7.11 Å². The standard InChI is InChI=1S/C34H47NO3/c1-22(2)35(6)25-11-8-23(9-12-25)29-21-33(5)30(16-17-34(33,37)19-18-32(3,4)38-7)28-14-10-24-20-26(36)13-15-27(24)31(28)29/h8-9,11-12,20,22,27-31,37H,10,13-17,21H2,1-7H3/t27-,28-,29+,30-,31+,33-,34+/m0/s1. The molecule has 7 atom stereocenters. The molecular weight excluding hydrogens is 470 g/mol. The van der Waals surface area contributed by atoms with Crippen LogP contribution in [0.3, 0.4) is 0 Å². The van der Waals surface area contributed by atoms with E-state index >= 15 is 0 Å². The largest absolute Gasteiger partial charge is 0.377 e. The Hall–Kier alpha value is -2.09. The fourth-order valence-electron chi connectivity index (χ4n) is 8.42. The number of hydrogen-bond donors (Lipinski definition) is 1. The van der Waals surface area contributed by atoms with E-state index in [0.717, 1.165) is 38.5 Å². The number of methoxy groups -OCH3 is 1. The molecule has 0 aromatic heterocycles. The first kappa shape index (κ1) is 27.5. The molecule has 0 heterocycles. The molecule has 4 aliphatic carbocycles. The smallest absolute Gasteiger partial charge is 0.155 e. The first-order chi connectivity index (χ1) is 17.9. The SMILES string of the molecule is COC(C)(C)C#C[C@]1(O)CC[C@H]2[C@@H]3CCC4=CC(=O)CC[C@@H]4[C@H]3[C@@H](c3ccc(N(C)C(C)C)cc3)C[C@@]21C. The third-order valence-corrected chi connectivity index (χ3v) is 11.0. The molecule has 1 aromatic rings. The van der Waals surface area contributed by atoms with Gasteiger partial charge in [0, 0.05) is 37.7 Å². The first-order valence-electron chi connectivity index (χ1n) is 14.8. The summed E-state index contributed by atoms with van der Waals surface area (Å²) in [5, 5.41) is 12.2. The van der Waals surface area contributed by atoms with Gasteiger partial charge in [0.15, 0.2) is 5.78 Å². The van der Waals surface area contributed by atoms with E-state index in [0.29, 0.717) is 47.8 Å². The Labute approximate surface area is 230 Å². The number of allylic oxidation sites excluding steroid dienone is 1. The van der Waals surface area contributed by atoms with E-state index in [9.17, 15) is 9.90 Å². The van der Waals surface area contributed by atoms with Gasteiger partial charge in [-0.25, -0.2) is 0 Å². The van der Waals surface area contributed by atoms with Crippen LogP contribution in [0.1, 0.15) is 91.0 Å². The minimum atomic E-state index is -1.02. The zero-order chi connectivity index (χ0) is 27.5. The lowest BCUT2D eigenvalue weighted by Gasteiger charge is -2.58. The van der Waals surface area contributed by atoms with E-state index in [2.05, 4.69) is 68.8 Å². The van der Waals surface area contributed by atoms with Crippen molar-refractivity contribution in [3.05, 3.63) is 41.5 Å². The van der Waals surface area contributed by atoms with Crippen LogP contribution in [0.5, 0.6) is 0 Å². The molecule has 38 heavy (non-hydrogen) atoms. The number of fused-ring (bicyclic) bond motifs is 5. The minimum absolute atomic E-state index is 0.283. The van der Waals surface area contributed by atoms with Crippen LogP contribution in [0.4, 0.5) is 5.69 Å². The maximum atomic E-state index is 12.3. The highest BCUT2D eigenvalue weighted by Gasteiger charge is 2.64. The molecular formula is C34H47NO3. The number of hydrogen-bond acceptors (Lipinski definition) is 4. The lowest BCUT2D eigenvalue weighted by molar-refractivity contribution is -0.117. The Morgan fingerprint density at radius 1 is 1.11 bits per heavy atom. The summed E-state index contributed by atoms with van der Waals surface area (Å²) < 4.78 is 5.58. The highest BCUT2D eigenvalue weighted by atomic mass is 16.5. The van der Waals surface area contributed by atoms with Gasteiger partial charge in [-0.05, 0) is 120 Å². The third-order valence-electron chi connectivity index (χ3n) is 11.0. The summed E-state index contributed by atoms with van der Waals surface area (Å²) in [5.41, 5.74) is 2.11. The van der Waals surface area contributed by atoms with Crippen LogP contribution < -0.4 is 4.90 Å². The monoisotopic (exact) mass is 517 g/mol. The number of nitrogens with zero attached hydrogens (tertiary/aromatic N) is 1. The second-order valence-electron chi connectivity index (χ2n) is 13.6. The predicted octanol–water partition coefficient (Wildman–Crippen LogP) is 6.53. The van der Waals surface area contributed by atoms with Crippen LogP contribution in [0.15, 0.2) is 35.9 Å². The summed E-state index contributed by atoms with van der Waals surface area (Å²) in [5.74, 6) is 9.27. The summed E-state index contributed by atoms with van der Waals surface area (Å²) in [4.78, 5) is 14.7. The molecule has 206 valence electrons. The van der Waals surface area contributed by atoms with Crippen molar-refractivity contribution in [1.29, 1.82) is 0 Å². The van der Waals surface area contributed by atoms with E-state index in [4.69, 9.17) is 4.74 Å². The highest BCUT2D eigenvalue weighted by molar-refractivity contribution is 5.91. The maximum Gasteiger partial charge on any atom is 0.155 e. The number of benzene rings is 1. The Morgan fingerprint density at radius 2 is 1.82 bits per heavy atom. The van der Waals surface area contributed by atoms with Crippen molar-refractivity contribution in [3.63, 3.8) is 0 Å². The number of aliphatic hydroxyl groups is 1. The summed E-state index contributed by atoms with van der Waals surface area (Å²) >= 11 is 0. The summed E-state index contributed by atoms with van der Waals surface area (Å²) in [6.07, 6.45) is 8.44. The third kappa shape index (κ3) is 4.54. The van der Waals surface area contributed by atoms with Crippen molar-refractivity contribution in [2.75, 3.05) is 19.1 Å². The van der Waals surface area contributed by atoms with Crippen molar-refractivity contribution in [1.82, 2.24) is 0 Å². The van der Waals surface area contributed by atoms with Gasteiger partial charge < -0.3 is 14.7 Å². The molecule has 1 N–H and O–H groups in total. The van der Waals surface area contributed by atoms with Crippen molar-refractivity contribution in [2.45, 2.75) is 103 Å². The Bertz CT molecular complexity index is 1150. The lowest BCUT2D eigenvalue weighted by atomic mass is 9.46. The van der Waals surface area contributed by atoms with Crippen LogP contribution >= 0.6 is 0 Å². The normalized spacial score (nSPS) is 36.5. The number of anilines is 1. The Morgan fingerprint density at radius 3 is 2.47 bits per heavy atom. The summed E-state index contributed by atoms with van der Waals surface area (Å²) in [6.45, 7) is 10.7. The van der Waals surface area contributed by atoms with Crippen molar-refractivity contribution in [3.8, 4) is 11.8 Å². The quantitative estimate of drug-likeness (QED) is 0.462. The Kier molecular flexibility index (Phi) is 7.11. The fourth-order valence-corrected chi connectivity index (χ4v) is 8.42. The van der Waals surface area contributed by atoms with E-state index < -0.39 is 11.2 Å². The van der Waals surface area contributed by atoms with Crippen LogP contribution in [0.25, 0.3) is 0 Å². The van der Waals surface area contributed by atoms with Crippen LogP contribution in [-0.4, -0.2) is 42.3 Å². The zero-order valence-corrected chi connectivity index (χ0v) is 24.5. The fraction of sp³-hybridized carbons (Fsp3) is 0.676. The molecule has 0 aliphatic heterocycles. The van der Waals surface area contributed by atoms with E-state index in [-0.39, 0.29) is 5.41 Å². The number of ketones is 1. The molecule has 3 fully saturated rings. The molecule has 0 bridgehead atoms. The Balaban J connectivity index is 1.57. The number of rotatable bonds is 4. The van der Waals surface area contributed by atoms with E-state index in [1.165, 1.54) is 16.8 Å². The van der Waals surface area contributed by atoms with Gasteiger partial charge in [0.2, 0.25) is 0 Å². The van der Waals surface area contributed by atoms with Gasteiger partial charge in [-0.3, -0.25) is 4.79 Å².